The average molecular weight is 393 g/mol. The minimum Gasteiger partial charge on any atom is -0.480 e. The molecule has 1 fully saturated rings. The van der Waals surface area contributed by atoms with E-state index < -0.39 is 30.1 Å². The van der Waals surface area contributed by atoms with E-state index in [1.807, 2.05) is 0 Å². The van der Waals surface area contributed by atoms with E-state index in [-0.39, 0.29) is 23.6 Å². The summed E-state index contributed by atoms with van der Waals surface area (Å²) < 4.78 is 5.34. The van der Waals surface area contributed by atoms with Crippen LogP contribution >= 0.6 is 0 Å². The first-order chi connectivity index (χ1) is 13.1. The van der Waals surface area contributed by atoms with E-state index in [0.717, 1.165) is 0 Å². The summed E-state index contributed by atoms with van der Waals surface area (Å²) in [6, 6.07) is -0.379. The van der Waals surface area contributed by atoms with Gasteiger partial charge in [0.15, 0.2) is 11.5 Å². The molecule has 0 aliphatic heterocycles. The van der Waals surface area contributed by atoms with Crippen LogP contribution in [0.1, 0.15) is 56.9 Å². The summed E-state index contributed by atoms with van der Waals surface area (Å²) in [6.45, 7) is 4.77. The van der Waals surface area contributed by atoms with Gasteiger partial charge in [-0.3, -0.25) is 14.5 Å². The Morgan fingerprint density at radius 2 is 1.82 bits per heavy atom. The van der Waals surface area contributed by atoms with Crippen molar-refractivity contribution in [2.24, 2.45) is 0 Å². The predicted molar refractivity (Wildman–Crippen MR) is 101 cm³/mol. The Hall–Kier alpha value is -2.91. The SMILES string of the molecule is CC(C)(C)OC(=O)N(CC(=O)O)C1CCC(NC(=O)c2nccnc2N)CC1. The molecule has 2 amide bonds. The highest BCUT2D eigenvalue weighted by atomic mass is 16.6. The number of carboxylic acid groups (broad SMARTS) is 1. The Labute approximate surface area is 163 Å². The summed E-state index contributed by atoms with van der Waals surface area (Å²) in [6.07, 6.45) is 4.44. The molecule has 4 N–H and O–H groups in total. The third-order valence-electron chi connectivity index (χ3n) is 4.35. The van der Waals surface area contributed by atoms with Crippen molar-refractivity contribution >= 4 is 23.8 Å². The lowest BCUT2D eigenvalue weighted by Gasteiger charge is -2.37. The lowest BCUT2D eigenvalue weighted by atomic mass is 9.90. The standard InChI is InChI=1S/C18H27N5O5/c1-18(2,3)28-17(27)23(10-13(24)25)12-6-4-11(5-7-12)22-16(26)14-15(19)21-9-8-20-14/h8-9,11-12H,4-7,10H2,1-3H3,(H2,19,21)(H,22,26)(H,24,25). The molecular weight excluding hydrogens is 366 g/mol. The molecule has 1 heterocycles. The van der Waals surface area contributed by atoms with E-state index in [1.165, 1.54) is 17.3 Å². The number of hydrogen-bond acceptors (Lipinski definition) is 7. The topological polar surface area (TPSA) is 148 Å². The third kappa shape index (κ3) is 6.07. The Balaban J connectivity index is 1.96. The molecule has 0 spiro atoms. The molecule has 0 aromatic carbocycles. The van der Waals surface area contributed by atoms with Crippen molar-refractivity contribution in [1.82, 2.24) is 20.2 Å². The summed E-state index contributed by atoms with van der Waals surface area (Å²) in [7, 11) is 0. The first-order valence-electron chi connectivity index (χ1n) is 9.15. The van der Waals surface area contributed by atoms with Crippen LogP contribution in [0.4, 0.5) is 10.6 Å². The van der Waals surface area contributed by atoms with Crippen molar-refractivity contribution in [3.63, 3.8) is 0 Å². The van der Waals surface area contributed by atoms with E-state index in [1.54, 1.807) is 20.8 Å². The Kier molecular flexibility index (Phi) is 6.76. The minimum atomic E-state index is -1.10. The second-order valence-corrected chi connectivity index (χ2v) is 7.77. The highest BCUT2D eigenvalue weighted by Crippen LogP contribution is 2.25. The smallest absolute Gasteiger partial charge is 0.411 e. The molecule has 1 aromatic rings. The number of anilines is 1. The highest BCUT2D eigenvalue weighted by Gasteiger charge is 2.33. The predicted octanol–water partition coefficient (Wildman–Crippen LogP) is 1.42. The Morgan fingerprint density at radius 3 is 2.36 bits per heavy atom. The molecule has 0 unspecified atom stereocenters. The number of carboxylic acids is 1. The van der Waals surface area contributed by atoms with Crippen LogP contribution in [-0.4, -0.2) is 62.2 Å². The van der Waals surface area contributed by atoms with Gasteiger partial charge in [-0.2, -0.15) is 0 Å². The molecule has 10 heteroatoms. The molecule has 1 aliphatic rings. The van der Waals surface area contributed by atoms with Crippen LogP contribution in [0.2, 0.25) is 0 Å². The van der Waals surface area contributed by atoms with Gasteiger partial charge >= 0.3 is 12.1 Å². The van der Waals surface area contributed by atoms with Crippen LogP contribution in [-0.2, 0) is 9.53 Å². The number of nitrogens with zero attached hydrogens (tertiary/aromatic N) is 3. The molecular formula is C18H27N5O5. The van der Waals surface area contributed by atoms with E-state index in [0.29, 0.717) is 25.7 Å². The molecule has 0 radical (unpaired) electrons. The van der Waals surface area contributed by atoms with Gasteiger partial charge in [-0.25, -0.2) is 14.8 Å². The number of hydrogen-bond donors (Lipinski definition) is 3. The van der Waals surface area contributed by atoms with E-state index in [2.05, 4.69) is 15.3 Å². The van der Waals surface area contributed by atoms with Gasteiger partial charge in [0.05, 0.1) is 0 Å². The molecule has 2 rings (SSSR count). The lowest BCUT2D eigenvalue weighted by Crippen LogP contribution is -2.49. The van der Waals surface area contributed by atoms with Crippen molar-refractivity contribution in [3.8, 4) is 0 Å². The quantitative estimate of drug-likeness (QED) is 0.680. The van der Waals surface area contributed by atoms with Crippen LogP contribution in [0.5, 0.6) is 0 Å². The van der Waals surface area contributed by atoms with E-state index in [4.69, 9.17) is 15.6 Å². The second-order valence-electron chi connectivity index (χ2n) is 7.77. The third-order valence-corrected chi connectivity index (χ3v) is 4.35. The van der Waals surface area contributed by atoms with Crippen LogP contribution in [0.15, 0.2) is 12.4 Å². The first-order valence-corrected chi connectivity index (χ1v) is 9.15. The second kappa shape index (κ2) is 8.85. The fourth-order valence-electron chi connectivity index (χ4n) is 3.12. The molecule has 10 nitrogen and oxygen atoms in total. The van der Waals surface area contributed by atoms with Crippen LogP contribution < -0.4 is 11.1 Å². The molecule has 154 valence electrons. The Morgan fingerprint density at radius 1 is 1.21 bits per heavy atom. The van der Waals surface area contributed by atoms with Gasteiger partial charge in [0, 0.05) is 24.5 Å². The fraction of sp³-hybridized carbons (Fsp3) is 0.611. The summed E-state index contributed by atoms with van der Waals surface area (Å²) in [4.78, 5) is 45.0. The fourth-order valence-corrected chi connectivity index (χ4v) is 3.12. The van der Waals surface area contributed by atoms with Gasteiger partial charge in [0.25, 0.3) is 5.91 Å². The van der Waals surface area contributed by atoms with Crippen molar-refractivity contribution in [2.75, 3.05) is 12.3 Å². The maximum Gasteiger partial charge on any atom is 0.411 e. The minimum absolute atomic E-state index is 0.0613. The number of aromatic nitrogens is 2. The number of nitrogens with two attached hydrogens (primary N) is 1. The number of ether oxygens (including phenoxy) is 1. The maximum absolute atomic E-state index is 12.4. The Bertz CT molecular complexity index is 725. The lowest BCUT2D eigenvalue weighted by molar-refractivity contribution is -0.139. The zero-order valence-corrected chi connectivity index (χ0v) is 16.3. The number of nitrogens with one attached hydrogen (secondary N) is 1. The maximum atomic E-state index is 12.4. The van der Waals surface area contributed by atoms with Gasteiger partial charge in [0.1, 0.15) is 12.1 Å². The zero-order chi connectivity index (χ0) is 20.9. The highest BCUT2D eigenvalue weighted by molar-refractivity contribution is 5.96. The number of carbonyl (C=O) groups excluding carboxylic acids is 2. The number of aliphatic carboxylic acids is 1. The molecule has 0 bridgehead atoms. The monoisotopic (exact) mass is 393 g/mol. The molecule has 0 atom stereocenters. The molecule has 1 aliphatic carbocycles. The number of carbonyl (C=O) groups is 3. The van der Waals surface area contributed by atoms with E-state index >= 15 is 0 Å². The molecule has 1 saturated carbocycles. The van der Waals surface area contributed by atoms with Crippen molar-refractivity contribution < 1.29 is 24.2 Å². The number of rotatable bonds is 5. The van der Waals surface area contributed by atoms with Crippen LogP contribution in [0, 0.1) is 0 Å². The molecule has 1 aromatic heterocycles. The van der Waals surface area contributed by atoms with E-state index in [9.17, 15) is 14.4 Å². The molecule has 0 saturated heterocycles. The van der Waals surface area contributed by atoms with Gasteiger partial charge in [-0.05, 0) is 46.5 Å². The summed E-state index contributed by atoms with van der Waals surface area (Å²) in [5.41, 5.74) is 5.03. The average Bonchev–Trinajstić information content (AvgIpc) is 2.59. The number of amides is 2. The van der Waals surface area contributed by atoms with Gasteiger partial charge < -0.3 is 20.9 Å². The van der Waals surface area contributed by atoms with Gasteiger partial charge in [-0.15, -0.1) is 0 Å². The summed E-state index contributed by atoms with van der Waals surface area (Å²) in [5.74, 6) is -1.44. The van der Waals surface area contributed by atoms with Gasteiger partial charge in [0.2, 0.25) is 0 Å². The number of nitrogen functional groups attached to an aromatic ring is 1. The van der Waals surface area contributed by atoms with Crippen LogP contribution in [0.3, 0.4) is 0 Å². The molecule has 28 heavy (non-hydrogen) atoms. The van der Waals surface area contributed by atoms with Gasteiger partial charge in [-0.1, -0.05) is 0 Å². The normalized spacial score (nSPS) is 19.5. The van der Waals surface area contributed by atoms with Crippen molar-refractivity contribution in [1.29, 1.82) is 0 Å². The van der Waals surface area contributed by atoms with Crippen molar-refractivity contribution in [2.45, 2.75) is 64.1 Å². The largest absolute Gasteiger partial charge is 0.480 e. The van der Waals surface area contributed by atoms with Crippen molar-refractivity contribution in [3.05, 3.63) is 18.1 Å². The zero-order valence-electron chi connectivity index (χ0n) is 16.3. The van der Waals surface area contributed by atoms with Crippen LogP contribution in [0.25, 0.3) is 0 Å². The summed E-state index contributed by atoms with van der Waals surface area (Å²) >= 11 is 0. The summed E-state index contributed by atoms with van der Waals surface area (Å²) in [5, 5.41) is 12.0. The first kappa shape index (κ1) is 21.4.